The predicted octanol–water partition coefficient (Wildman–Crippen LogP) is 1.97. The van der Waals surface area contributed by atoms with E-state index >= 15 is 0 Å². The smallest absolute Gasteiger partial charge is 0.109 e. The Morgan fingerprint density at radius 1 is 1.06 bits per heavy atom. The molecule has 0 saturated carbocycles. The van der Waals surface area contributed by atoms with Gasteiger partial charge in [-0.3, -0.25) is 4.68 Å². The molecule has 0 aliphatic rings. The number of nitrogens with zero attached hydrogens (tertiary/aromatic N) is 3. The van der Waals surface area contributed by atoms with E-state index in [1.807, 2.05) is 35.0 Å². The molecule has 0 bridgehead atoms. The zero-order chi connectivity index (χ0) is 12.4. The number of fused-ring (bicyclic) bond motifs is 1. The molecule has 0 unspecified atom stereocenters. The van der Waals surface area contributed by atoms with Gasteiger partial charge in [-0.2, -0.15) is 5.10 Å². The first kappa shape index (κ1) is 10.9. The van der Waals surface area contributed by atoms with Crippen LogP contribution in [0.1, 0.15) is 11.3 Å². The third kappa shape index (κ3) is 1.98. The van der Waals surface area contributed by atoms with E-state index in [-0.39, 0.29) is 6.61 Å². The van der Waals surface area contributed by atoms with E-state index in [4.69, 9.17) is 5.11 Å². The van der Waals surface area contributed by atoms with Crippen LogP contribution < -0.4 is 0 Å². The third-order valence-electron chi connectivity index (χ3n) is 2.89. The van der Waals surface area contributed by atoms with Crippen molar-refractivity contribution in [2.75, 3.05) is 0 Å². The van der Waals surface area contributed by atoms with Crippen molar-refractivity contribution in [2.45, 2.75) is 13.2 Å². The van der Waals surface area contributed by atoms with Crippen molar-refractivity contribution >= 4 is 11.0 Å². The van der Waals surface area contributed by atoms with Gasteiger partial charge in [-0.1, -0.05) is 30.3 Å². The van der Waals surface area contributed by atoms with Crippen LogP contribution >= 0.6 is 0 Å². The Kier molecular flexibility index (Phi) is 2.78. The molecule has 2 heterocycles. The second-order valence-electron chi connectivity index (χ2n) is 4.15. The Hall–Kier alpha value is -2.20. The van der Waals surface area contributed by atoms with Gasteiger partial charge in [0.1, 0.15) is 5.52 Å². The molecule has 1 N–H and O–H groups in total. The van der Waals surface area contributed by atoms with Gasteiger partial charge in [0.2, 0.25) is 0 Å². The lowest BCUT2D eigenvalue weighted by Crippen LogP contribution is -2.01. The quantitative estimate of drug-likeness (QED) is 0.760. The van der Waals surface area contributed by atoms with Crippen molar-refractivity contribution in [3.05, 3.63) is 59.9 Å². The van der Waals surface area contributed by atoms with E-state index in [1.165, 1.54) is 5.56 Å². The first-order valence-electron chi connectivity index (χ1n) is 5.83. The van der Waals surface area contributed by atoms with Crippen molar-refractivity contribution < 1.29 is 5.11 Å². The molecular formula is C14H13N3O. The molecule has 0 fully saturated rings. The maximum absolute atomic E-state index is 9.05. The molecule has 2 aromatic heterocycles. The van der Waals surface area contributed by atoms with Gasteiger partial charge in [-0.05, 0) is 17.7 Å². The van der Waals surface area contributed by atoms with Gasteiger partial charge in [0, 0.05) is 0 Å². The van der Waals surface area contributed by atoms with Gasteiger partial charge in [-0.15, -0.1) is 0 Å². The lowest BCUT2D eigenvalue weighted by molar-refractivity contribution is 0.277. The molecule has 0 saturated heterocycles. The van der Waals surface area contributed by atoms with Crippen molar-refractivity contribution in [3.63, 3.8) is 0 Å². The van der Waals surface area contributed by atoms with Gasteiger partial charge < -0.3 is 5.11 Å². The van der Waals surface area contributed by atoms with Crippen LogP contribution in [0.3, 0.4) is 0 Å². The minimum atomic E-state index is -0.0419. The molecular weight excluding hydrogens is 226 g/mol. The van der Waals surface area contributed by atoms with Crippen molar-refractivity contribution in [2.24, 2.45) is 0 Å². The summed E-state index contributed by atoms with van der Waals surface area (Å²) in [4.78, 5) is 4.32. The lowest BCUT2D eigenvalue weighted by atomic mass is 10.2. The zero-order valence-electron chi connectivity index (χ0n) is 9.82. The highest BCUT2D eigenvalue weighted by Crippen LogP contribution is 2.14. The van der Waals surface area contributed by atoms with E-state index in [0.717, 1.165) is 17.6 Å². The Morgan fingerprint density at radius 3 is 2.67 bits per heavy atom. The van der Waals surface area contributed by atoms with Crippen LogP contribution in [0.25, 0.3) is 11.0 Å². The number of aliphatic hydroxyl groups is 1. The molecule has 3 rings (SSSR count). The molecule has 0 spiro atoms. The molecule has 4 nitrogen and oxygen atoms in total. The summed E-state index contributed by atoms with van der Waals surface area (Å²) in [5, 5.41) is 13.4. The number of hydrogen-bond acceptors (Lipinski definition) is 3. The fourth-order valence-electron chi connectivity index (χ4n) is 1.98. The van der Waals surface area contributed by atoms with Crippen LogP contribution in [-0.2, 0) is 13.2 Å². The zero-order valence-corrected chi connectivity index (χ0v) is 9.82. The molecule has 0 atom stereocenters. The van der Waals surface area contributed by atoms with Crippen LogP contribution in [0.4, 0.5) is 0 Å². The number of hydrogen-bond donors (Lipinski definition) is 1. The largest absolute Gasteiger partial charge is 0.390 e. The van der Waals surface area contributed by atoms with E-state index < -0.39 is 0 Å². The summed E-state index contributed by atoms with van der Waals surface area (Å²) in [5.74, 6) is 0. The van der Waals surface area contributed by atoms with Crippen LogP contribution in [0, 0.1) is 0 Å². The van der Waals surface area contributed by atoms with Crippen LogP contribution in [0.5, 0.6) is 0 Å². The van der Waals surface area contributed by atoms with Crippen molar-refractivity contribution in [1.82, 2.24) is 14.8 Å². The average Bonchev–Trinajstić information content (AvgIpc) is 2.82. The Morgan fingerprint density at radius 2 is 1.89 bits per heavy atom. The van der Waals surface area contributed by atoms with Gasteiger partial charge >= 0.3 is 0 Å². The highest BCUT2D eigenvalue weighted by molar-refractivity contribution is 5.74. The fourth-order valence-corrected chi connectivity index (χ4v) is 1.98. The van der Waals surface area contributed by atoms with E-state index in [9.17, 15) is 0 Å². The standard InChI is InChI=1S/C14H13N3O/c18-10-12-6-7-14-13(16-12)8-15-17(14)9-11-4-2-1-3-5-11/h1-8,18H,9-10H2. The molecule has 3 aromatic rings. The topological polar surface area (TPSA) is 50.9 Å². The van der Waals surface area contributed by atoms with Crippen molar-refractivity contribution in [3.8, 4) is 0 Å². The Balaban J connectivity index is 1.98. The molecule has 0 amide bonds. The first-order valence-corrected chi connectivity index (χ1v) is 5.83. The van der Waals surface area contributed by atoms with Gasteiger partial charge in [0.25, 0.3) is 0 Å². The van der Waals surface area contributed by atoms with Gasteiger partial charge in [0.05, 0.1) is 30.6 Å². The Bertz CT molecular complexity index is 661. The van der Waals surface area contributed by atoms with Gasteiger partial charge in [-0.25, -0.2) is 4.98 Å². The average molecular weight is 239 g/mol. The number of rotatable bonds is 3. The van der Waals surface area contributed by atoms with Crippen molar-refractivity contribution in [1.29, 1.82) is 0 Å². The fraction of sp³-hybridized carbons (Fsp3) is 0.143. The molecule has 0 aliphatic heterocycles. The molecule has 1 aromatic carbocycles. The summed E-state index contributed by atoms with van der Waals surface area (Å²) in [6.07, 6.45) is 1.73. The second-order valence-corrected chi connectivity index (χ2v) is 4.15. The summed E-state index contributed by atoms with van der Waals surface area (Å²) in [6, 6.07) is 14.0. The van der Waals surface area contributed by atoms with Crippen LogP contribution in [0.15, 0.2) is 48.7 Å². The second kappa shape index (κ2) is 4.58. The number of benzene rings is 1. The number of aliphatic hydroxyl groups excluding tert-OH is 1. The highest BCUT2D eigenvalue weighted by Gasteiger charge is 2.05. The summed E-state index contributed by atoms with van der Waals surface area (Å²) >= 11 is 0. The normalized spacial score (nSPS) is 10.9. The Labute approximate surface area is 105 Å². The maximum Gasteiger partial charge on any atom is 0.109 e. The maximum atomic E-state index is 9.05. The molecule has 0 radical (unpaired) electrons. The van der Waals surface area contributed by atoms with Crippen LogP contribution in [0.2, 0.25) is 0 Å². The van der Waals surface area contributed by atoms with E-state index in [1.54, 1.807) is 6.20 Å². The highest BCUT2D eigenvalue weighted by atomic mass is 16.3. The predicted molar refractivity (Wildman–Crippen MR) is 69.0 cm³/mol. The molecule has 18 heavy (non-hydrogen) atoms. The minimum Gasteiger partial charge on any atom is -0.390 e. The minimum absolute atomic E-state index is 0.0419. The van der Waals surface area contributed by atoms with Crippen LogP contribution in [-0.4, -0.2) is 19.9 Å². The van der Waals surface area contributed by atoms with E-state index in [2.05, 4.69) is 22.2 Å². The molecule has 4 heteroatoms. The van der Waals surface area contributed by atoms with Gasteiger partial charge in [0.15, 0.2) is 0 Å². The number of pyridine rings is 1. The summed E-state index contributed by atoms with van der Waals surface area (Å²) in [5.41, 5.74) is 3.67. The third-order valence-corrected chi connectivity index (χ3v) is 2.89. The monoisotopic (exact) mass is 239 g/mol. The summed E-state index contributed by atoms with van der Waals surface area (Å²) < 4.78 is 1.92. The summed E-state index contributed by atoms with van der Waals surface area (Å²) in [7, 11) is 0. The SMILES string of the molecule is OCc1ccc2c(cnn2Cc2ccccc2)n1. The molecule has 90 valence electrons. The lowest BCUT2D eigenvalue weighted by Gasteiger charge is -2.03. The number of aromatic nitrogens is 3. The molecule has 0 aliphatic carbocycles. The van der Waals surface area contributed by atoms with E-state index in [0.29, 0.717) is 5.69 Å². The first-order chi connectivity index (χ1) is 8.86. The summed E-state index contributed by atoms with van der Waals surface area (Å²) in [6.45, 7) is 0.685.